The normalized spacial score (nSPS) is 16.6. The van der Waals surface area contributed by atoms with Crippen molar-refractivity contribution in [2.24, 2.45) is 4.99 Å². The van der Waals surface area contributed by atoms with Crippen molar-refractivity contribution in [2.45, 2.75) is 19.1 Å². The van der Waals surface area contributed by atoms with Crippen LogP contribution in [0.4, 0.5) is 18.9 Å². The van der Waals surface area contributed by atoms with Crippen LogP contribution in [-0.4, -0.2) is 31.6 Å². The molecule has 0 radical (unpaired) electrons. The van der Waals surface area contributed by atoms with Crippen LogP contribution in [0.25, 0.3) is 0 Å². The summed E-state index contributed by atoms with van der Waals surface area (Å²) in [5.41, 5.74) is 6.59. The number of amides is 1. The average molecular weight is 442 g/mol. The molecule has 0 fully saturated rings. The number of benzene rings is 2. The molecule has 1 aliphatic heterocycles. The highest BCUT2D eigenvalue weighted by Crippen LogP contribution is 2.33. The molecule has 1 amide bonds. The number of nitrogens with zero attached hydrogens (tertiary/aromatic N) is 1. The monoisotopic (exact) mass is 441 g/mol. The van der Waals surface area contributed by atoms with Gasteiger partial charge in [0.15, 0.2) is 11.6 Å². The Kier molecular flexibility index (Phi) is 6.80. The van der Waals surface area contributed by atoms with Crippen molar-refractivity contribution in [1.82, 2.24) is 16.1 Å². The van der Waals surface area contributed by atoms with E-state index in [2.05, 4.69) is 26.5 Å². The summed E-state index contributed by atoms with van der Waals surface area (Å²) in [7, 11) is 1.51. The number of halogens is 4. The van der Waals surface area contributed by atoms with Crippen molar-refractivity contribution < 1.29 is 22.7 Å². The summed E-state index contributed by atoms with van der Waals surface area (Å²) in [6.45, 7) is 2.09. The molecule has 3 rings (SSSR count). The van der Waals surface area contributed by atoms with Crippen molar-refractivity contribution >= 4 is 29.2 Å². The number of rotatable bonds is 5. The standard InChI is InChI=1S/C19H19ClF3N5O2/c1-9(8-30-2)24-19(26-18(29)10-3-4-13(21)15(23)5-10)25-17-11-6-14(22)12(20)7-16(11)27-28-17/h3-7,9,17,27-28H,8H2,1-2H3,(H2,24,25,26,29)/t9-,17?/m0/s1. The van der Waals surface area contributed by atoms with Gasteiger partial charge in [-0.15, -0.1) is 0 Å². The van der Waals surface area contributed by atoms with Gasteiger partial charge in [0.05, 0.1) is 17.3 Å². The third kappa shape index (κ3) is 5.02. The molecule has 0 spiro atoms. The van der Waals surface area contributed by atoms with E-state index < -0.39 is 29.5 Å². The van der Waals surface area contributed by atoms with E-state index >= 15 is 0 Å². The van der Waals surface area contributed by atoms with Crippen LogP contribution in [0.5, 0.6) is 0 Å². The Morgan fingerprint density at radius 2 is 2.00 bits per heavy atom. The summed E-state index contributed by atoms with van der Waals surface area (Å²) in [4.78, 5) is 16.9. The van der Waals surface area contributed by atoms with Gasteiger partial charge in [0.2, 0.25) is 5.96 Å². The molecule has 1 unspecified atom stereocenters. The summed E-state index contributed by atoms with van der Waals surface area (Å²) < 4.78 is 45.6. The van der Waals surface area contributed by atoms with E-state index in [0.717, 1.165) is 18.2 Å². The van der Waals surface area contributed by atoms with Gasteiger partial charge >= 0.3 is 0 Å². The maximum atomic E-state index is 13.9. The van der Waals surface area contributed by atoms with E-state index in [9.17, 15) is 18.0 Å². The molecule has 0 aromatic heterocycles. The van der Waals surface area contributed by atoms with E-state index in [1.165, 1.54) is 19.2 Å². The van der Waals surface area contributed by atoms with Crippen LogP contribution >= 0.6 is 11.6 Å². The minimum Gasteiger partial charge on any atom is -0.383 e. The molecule has 1 aliphatic rings. The number of hydrogen-bond donors (Lipinski definition) is 4. The van der Waals surface area contributed by atoms with Gasteiger partial charge in [-0.3, -0.25) is 10.1 Å². The van der Waals surface area contributed by atoms with Crippen LogP contribution < -0.4 is 21.5 Å². The third-order valence-corrected chi connectivity index (χ3v) is 4.49. The number of nitrogens with one attached hydrogen (secondary N) is 4. The molecule has 0 bridgehead atoms. The van der Waals surface area contributed by atoms with Gasteiger partial charge in [-0.2, -0.15) is 0 Å². The molecule has 160 valence electrons. The molecular weight excluding hydrogens is 423 g/mol. The number of carbonyl (C=O) groups excluding carboxylic acids is 1. The molecular formula is C19H19ClF3N5O2. The van der Waals surface area contributed by atoms with E-state index in [0.29, 0.717) is 17.9 Å². The Morgan fingerprint density at radius 3 is 2.70 bits per heavy atom. The SMILES string of the molecule is COC[C@H](C)NC(=NC1NNc2cc(Cl)c(F)cc21)NC(=O)c1ccc(F)c(F)c1. The lowest BCUT2D eigenvalue weighted by Gasteiger charge is -2.18. The van der Waals surface area contributed by atoms with Gasteiger partial charge < -0.3 is 15.5 Å². The molecule has 0 saturated heterocycles. The largest absolute Gasteiger partial charge is 0.383 e. The predicted molar refractivity (Wildman–Crippen MR) is 107 cm³/mol. The Bertz CT molecular complexity index is 989. The number of aliphatic imine (C=N–C) groups is 1. The van der Waals surface area contributed by atoms with Crippen LogP contribution in [0.2, 0.25) is 5.02 Å². The number of hydrazine groups is 1. The lowest BCUT2D eigenvalue weighted by molar-refractivity contribution is 0.0974. The number of methoxy groups -OCH3 is 1. The summed E-state index contributed by atoms with van der Waals surface area (Å²) in [6.07, 6.45) is -0.755. The first-order valence-corrected chi connectivity index (χ1v) is 9.26. The molecule has 0 saturated carbocycles. The van der Waals surface area contributed by atoms with Gasteiger partial charge in [0, 0.05) is 24.3 Å². The maximum Gasteiger partial charge on any atom is 0.258 e. The van der Waals surface area contributed by atoms with Gasteiger partial charge in [-0.25, -0.2) is 23.6 Å². The van der Waals surface area contributed by atoms with Crippen LogP contribution in [0, 0.1) is 17.5 Å². The molecule has 4 N–H and O–H groups in total. The summed E-state index contributed by atoms with van der Waals surface area (Å²) in [5, 5.41) is 5.44. The lowest BCUT2D eigenvalue weighted by atomic mass is 10.1. The quantitative estimate of drug-likeness (QED) is 0.423. The molecule has 1 heterocycles. The van der Waals surface area contributed by atoms with Crippen LogP contribution in [0.15, 0.2) is 35.3 Å². The summed E-state index contributed by atoms with van der Waals surface area (Å²) in [6, 6.07) is 5.17. The predicted octanol–water partition coefficient (Wildman–Crippen LogP) is 3.10. The van der Waals surface area contributed by atoms with Gasteiger partial charge in [0.1, 0.15) is 12.0 Å². The zero-order valence-electron chi connectivity index (χ0n) is 16.0. The minimum absolute atomic E-state index is 0.0248. The van der Waals surface area contributed by atoms with Crippen molar-refractivity contribution in [3.63, 3.8) is 0 Å². The average Bonchev–Trinajstić information content (AvgIpc) is 3.05. The van der Waals surface area contributed by atoms with Gasteiger partial charge in [-0.1, -0.05) is 11.6 Å². The van der Waals surface area contributed by atoms with Crippen molar-refractivity contribution in [3.05, 3.63) is 63.9 Å². The highest BCUT2D eigenvalue weighted by molar-refractivity contribution is 6.31. The summed E-state index contributed by atoms with van der Waals surface area (Å²) in [5.74, 6) is -3.51. The lowest BCUT2D eigenvalue weighted by Crippen LogP contribution is -2.47. The first kappa shape index (κ1) is 21.9. The minimum atomic E-state index is -1.15. The zero-order valence-corrected chi connectivity index (χ0v) is 16.8. The Labute approximate surface area is 175 Å². The molecule has 2 aromatic carbocycles. The smallest absolute Gasteiger partial charge is 0.258 e. The van der Waals surface area contributed by atoms with Crippen LogP contribution in [0.1, 0.15) is 29.0 Å². The molecule has 11 heteroatoms. The number of fused-ring (bicyclic) bond motifs is 1. The Morgan fingerprint density at radius 1 is 1.23 bits per heavy atom. The Hall–Kier alpha value is -2.82. The van der Waals surface area contributed by atoms with E-state index in [1.807, 2.05) is 0 Å². The van der Waals surface area contributed by atoms with Gasteiger partial charge in [-0.05, 0) is 37.3 Å². The van der Waals surface area contributed by atoms with Crippen molar-refractivity contribution in [2.75, 3.05) is 19.1 Å². The Balaban J connectivity index is 1.87. The van der Waals surface area contributed by atoms with Crippen LogP contribution in [0.3, 0.4) is 0 Å². The molecule has 2 atom stereocenters. The molecule has 0 aliphatic carbocycles. The molecule has 2 aromatic rings. The number of carbonyl (C=O) groups is 1. The van der Waals surface area contributed by atoms with Crippen LogP contribution in [-0.2, 0) is 4.74 Å². The highest BCUT2D eigenvalue weighted by atomic mass is 35.5. The first-order chi connectivity index (χ1) is 14.3. The first-order valence-electron chi connectivity index (χ1n) is 8.88. The molecule has 30 heavy (non-hydrogen) atoms. The topological polar surface area (TPSA) is 86.8 Å². The van der Waals surface area contributed by atoms with E-state index in [-0.39, 0.29) is 22.6 Å². The highest BCUT2D eigenvalue weighted by Gasteiger charge is 2.25. The zero-order chi connectivity index (χ0) is 21.8. The second-order valence-electron chi connectivity index (χ2n) is 6.59. The fourth-order valence-electron chi connectivity index (χ4n) is 2.80. The second kappa shape index (κ2) is 9.33. The number of anilines is 1. The maximum absolute atomic E-state index is 13.9. The fraction of sp³-hybridized carbons (Fsp3) is 0.263. The second-order valence-corrected chi connectivity index (χ2v) is 6.99. The fourth-order valence-corrected chi connectivity index (χ4v) is 2.96. The van der Waals surface area contributed by atoms with Gasteiger partial charge in [0.25, 0.3) is 5.91 Å². The van der Waals surface area contributed by atoms with E-state index in [4.69, 9.17) is 16.3 Å². The summed E-state index contributed by atoms with van der Waals surface area (Å²) >= 11 is 5.79. The third-order valence-electron chi connectivity index (χ3n) is 4.20. The number of hydrogen-bond acceptors (Lipinski definition) is 5. The molecule has 7 nitrogen and oxygen atoms in total. The number of guanidine groups is 1. The van der Waals surface area contributed by atoms with E-state index in [1.54, 1.807) is 6.92 Å². The number of ether oxygens (including phenoxy) is 1. The van der Waals surface area contributed by atoms with Crippen molar-refractivity contribution in [1.29, 1.82) is 0 Å². The van der Waals surface area contributed by atoms with Crippen molar-refractivity contribution in [3.8, 4) is 0 Å².